The Hall–Kier alpha value is -2.00. The summed E-state index contributed by atoms with van der Waals surface area (Å²) in [5, 5.41) is 8.29. The Morgan fingerprint density at radius 1 is 1.30 bits per heavy atom. The lowest BCUT2D eigenvalue weighted by molar-refractivity contribution is -0.118. The highest BCUT2D eigenvalue weighted by Gasteiger charge is 2.30. The predicted molar refractivity (Wildman–Crippen MR) is 104 cm³/mol. The predicted octanol–water partition coefficient (Wildman–Crippen LogP) is 1.80. The molecule has 0 aromatic heterocycles. The molecule has 3 amide bonds. The van der Waals surface area contributed by atoms with E-state index in [-0.39, 0.29) is 17.4 Å². The van der Waals surface area contributed by atoms with E-state index in [1.54, 1.807) is 32.0 Å². The summed E-state index contributed by atoms with van der Waals surface area (Å²) in [5.74, 6) is -0.121. The molecule has 0 radical (unpaired) electrons. The van der Waals surface area contributed by atoms with Crippen molar-refractivity contribution in [2.75, 3.05) is 23.9 Å². The molecule has 1 aliphatic heterocycles. The van der Waals surface area contributed by atoms with Crippen LogP contribution in [0.2, 0.25) is 5.02 Å². The lowest BCUT2D eigenvalue weighted by Gasteiger charge is -2.23. The molecule has 1 fully saturated rings. The second-order valence-corrected chi connectivity index (χ2v) is 9.41. The number of nitrogens with one attached hydrogen (secondary N) is 3. The van der Waals surface area contributed by atoms with Crippen LogP contribution >= 0.6 is 11.6 Å². The number of halogens is 1. The van der Waals surface area contributed by atoms with Crippen molar-refractivity contribution >= 4 is 39.1 Å². The van der Waals surface area contributed by atoms with Crippen molar-refractivity contribution in [1.82, 2.24) is 10.6 Å². The third-order valence-electron chi connectivity index (χ3n) is 4.22. The van der Waals surface area contributed by atoms with Gasteiger partial charge in [0.05, 0.1) is 23.6 Å². The summed E-state index contributed by atoms with van der Waals surface area (Å²) in [6, 6.07) is 3.01. The van der Waals surface area contributed by atoms with Gasteiger partial charge in [0.25, 0.3) is 0 Å². The van der Waals surface area contributed by atoms with Crippen LogP contribution in [0, 0.1) is 5.92 Å². The summed E-state index contributed by atoms with van der Waals surface area (Å²) in [4.78, 5) is 24.8. The average molecular weight is 418 g/mol. The molecule has 150 valence electrons. The molecule has 1 saturated heterocycles. The molecule has 0 aliphatic carbocycles. The first-order valence-electron chi connectivity index (χ1n) is 8.53. The molecule has 0 saturated carbocycles. The Morgan fingerprint density at radius 3 is 2.52 bits per heavy atom. The van der Waals surface area contributed by atoms with Gasteiger partial charge in [-0.1, -0.05) is 25.4 Å². The van der Waals surface area contributed by atoms with E-state index in [2.05, 4.69) is 16.0 Å². The maximum atomic E-state index is 12.6. The van der Waals surface area contributed by atoms with Crippen LogP contribution in [-0.2, 0) is 14.6 Å². The Labute approximate surface area is 163 Å². The molecule has 1 aliphatic rings. The van der Waals surface area contributed by atoms with Crippen molar-refractivity contribution in [2.24, 2.45) is 5.92 Å². The van der Waals surface area contributed by atoms with E-state index in [0.717, 1.165) is 0 Å². The maximum absolute atomic E-state index is 12.6. The van der Waals surface area contributed by atoms with Gasteiger partial charge in [0.1, 0.15) is 11.8 Å². The smallest absolute Gasteiger partial charge is 0.315 e. The number of ether oxygens (including phenoxy) is 1. The molecule has 1 aromatic carbocycles. The fourth-order valence-electron chi connectivity index (χ4n) is 2.78. The van der Waals surface area contributed by atoms with Gasteiger partial charge in [-0.05, 0) is 30.5 Å². The third kappa shape index (κ3) is 6.00. The summed E-state index contributed by atoms with van der Waals surface area (Å²) >= 11 is 6.05. The number of sulfone groups is 1. The van der Waals surface area contributed by atoms with Crippen LogP contribution in [0.25, 0.3) is 0 Å². The summed E-state index contributed by atoms with van der Waals surface area (Å²) in [6.07, 6.45) is 0.374. The van der Waals surface area contributed by atoms with Gasteiger partial charge >= 0.3 is 6.03 Å². The van der Waals surface area contributed by atoms with Gasteiger partial charge in [-0.25, -0.2) is 13.2 Å². The van der Waals surface area contributed by atoms with E-state index in [0.29, 0.717) is 22.9 Å². The summed E-state index contributed by atoms with van der Waals surface area (Å²) in [5.41, 5.74) is 0.473. The molecule has 10 heteroatoms. The van der Waals surface area contributed by atoms with Gasteiger partial charge in [0.2, 0.25) is 5.91 Å². The third-order valence-corrected chi connectivity index (χ3v) is 6.29. The summed E-state index contributed by atoms with van der Waals surface area (Å²) in [7, 11) is -1.60. The average Bonchev–Trinajstić information content (AvgIpc) is 2.91. The summed E-state index contributed by atoms with van der Waals surface area (Å²) in [6.45, 7) is 3.59. The SMILES string of the molecule is COc1ccc(NC(=O)[C@@H](NC(=O)N[C@@H]2CCS(=O)(=O)C2)C(C)C)cc1Cl. The van der Waals surface area contributed by atoms with Crippen LogP contribution in [0.4, 0.5) is 10.5 Å². The number of rotatable bonds is 6. The normalized spacial score (nSPS) is 19.4. The molecule has 8 nitrogen and oxygen atoms in total. The van der Waals surface area contributed by atoms with Crippen molar-refractivity contribution in [3.63, 3.8) is 0 Å². The first kappa shape index (κ1) is 21.3. The van der Waals surface area contributed by atoms with E-state index in [1.165, 1.54) is 7.11 Å². The Balaban J connectivity index is 1.98. The van der Waals surface area contributed by atoms with Crippen LogP contribution < -0.4 is 20.7 Å². The number of carbonyl (C=O) groups is 2. The van der Waals surface area contributed by atoms with E-state index in [4.69, 9.17) is 16.3 Å². The number of hydrogen-bond acceptors (Lipinski definition) is 5. The second-order valence-electron chi connectivity index (χ2n) is 6.78. The van der Waals surface area contributed by atoms with Crippen LogP contribution in [0.15, 0.2) is 18.2 Å². The Bertz CT molecular complexity index is 813. The second kappa shape index (κ2) is 8.79. The highest BCUT2D eigenvalue weighted by atomic mass is 35.5. The zero-order valence-corrected chi connectivity index (χ0v) is 17.0. The zero-order valence-electron chi connectivity index (χ0n) is 15.4. The number of urea groups is 1. The van der Waals surface area contributed by atoms with Crippen molar-refractivity contribution < 1.29 is 22.7 Å². The minimum atomic E-state index is -3.10. The van der Waals surface area contributed by atoms with Crippen molar-refractivity contribution in [2.45, 2.75) is 32.4 Å². The van der Waals surface area contributed by atoms with Gasteiger partial charge in [0.15, 0.2) is 9.84 Å². The quantitative estimate of drug-likeness (QED) is 0.653. The van der Waals surface area contributed by atoms with Crippen LogP contribution in [0.1, 0.15) is 20.3 Å². The van der Waals surface area contributed by atoms with Crippen LogP contribution in [0.3, 0.4) is 0 Å². The van der Waals surface area contributed by atoms with E-state index in [9.17, 15) is 18.0 Å². The highest BCUT2D eigenvalue weighted by Crippen LogP contribution is 2.27. The van der Waals surface area contributed by atoms with Gasteiger partial charge in [-0.15, -0.1) is 0 Å². The fraction of sp³-hybridized carbons (Fsp3) is 0.529. The van der Waals surface area contributed by atoms with Crippen LogP contribution in [-0.4, -0.2) is 51.1 Å². The standard InChI is InChI=1S/C17H24ClN3O5S/c1-10(2)15(21-17(23)20-12-6-7-27(24,25)9-12)16(22)19-11-4-5-14(26-3)13(18)8-11/h4-5,8,10,12,15H,6-7,9H2,1-3H3,(H,19,22)(H2,20,21,23)/t12-,15+/m1/s1. The molecule has 1 heterocycles. The molecule has 0 bridgehead atoms. The van der Waals surface area contributed by atoms with Crippen molar-refractivity contribution in [3.05, 3.63) is 23.2 Å². The molecular formula is C17H24ClN3O5S. The van der Waals surface area contributed by atoms with Gasteiger partial charge in [-0.2, -0.15) is 0 Å². The maximum Gasteiger partial charge on any atom is 0.315 e. The van der Waals surface area contributed by atoms with Crippen molar-refractivity contribution in [1.29, 1.82) is 0 Å². The highest BCUT2D eigenvalue weighted by molar-refractivity contribution is 7.91. The molecule has 2 atom stereocenters. The molecular weight excluding hydrogens is 394 g/mol. The number of methoxy groups -OCH3 is 1. The number of benzene rings is 1. The lowest BCUT2D eigenvalue weighted by atomic mass is 10.0. The number of anilines is 1. The Kier molecular flexibility index (Phi) is 6.94. The monoisotopic (exact) mass is 417 g/mol. The first-order valence-corrected chi connectivity index (χ1v) is 10.7. The van der Waals surface area contributed by atoms with Gasteiger partial charge in [-0.3, -0.25) is 4.79 Å². The van der Waals surface area contributed by atoms with Crippen molar-refractivity contribution in [3.8, 4) is 5.75 Å². The topological polar surface area (TPSA) is 114 Å². The summed E-state index contributed by atoms with van der Waals surface area (Å²) < 4.78 is 28.0. The first-order chi connectivity index (χ1) is 12.6. The van der Waals surface area contributed by atoms with E-state index in [1.807, 2.05) is 0 Å². The van der Waals surface area contributed by atoms with Gasteiger partial charge < -0.3 is 20.7 Å². The lowest BCUT2D eigenvalue weighted by Crippen LogP contribution is -2.52. The Morgan fingerprint density at radius 2 is 2.00 bits per heavy atom. The molecule has 0 spiro atoms. The fourth-order valence-corrected chi connectivity index (χ4v) is 4.71. The number of carbonyl (C=O) groups excluding carboxylic acids is 2. The van der Waals surface area contributed by atoms with Gasteiger partial charge in [0, 0.05) is 11.7 Å². The molecule has 3 N–H and O–H groups in total. The molecule has 27 heavy (non-hydrogen) atoms. The van der Waals surface area contributed by atoms with E-state index >= 15 is 0 Å². The minimum Gasteiger partial charge on any atom is -0.495 e. The number of hydrogen-bond donors (Lipinski definition) is 3. The number of amides is 3. The van der Waals surface area contributed by atoms with Crippen LogP contribution in [0.5, 0.6) is 5.75 Å². The van der Waals surface area contributed by atoms with E-state index < -0.39 is 33.9 Å². The zero-order chi connectivity index (χ0) is 20.2. The molecule has 2 rings (SSSR count). The minimum absolute atomic E-state index is 0.0598. The largest absolute Gasteiger partial charge is 0.495 e. The molecule has 0 unspecified atom stereocenters. The molecule has 1 aromatic rings.